The number of carbonyl (C=O) groups excluding carboxylic acids is 2. The summed E-state index contributed by atoms with van der Waals surface area (Å²) in [6.07, 6.45) is 2.20. The van der Waals surface area contributed by atoms with Crippen molar-refractivity contribution in [3.8, 4) is 0 Å². The van der Waals surface area contributed by atoms with Crippen molar-refractivity contribution < 1.29 is 22.7 Å². The molecule has 1 aliphatic heterocycles. The van der Waals surface area contributed by atoms with Crippen LogP contribution in [0.5, 0.6) is 0 Å². The fraction of sp³-hybridized carbons (Fsp3) is 0.550. The number of amides is 1. The molecule has 0 spiro atoms. The zero-order valence-electron chi connectivity index (χ0n) is 16.8. The molecule has 29 heavy (non-hydrogen) atoms. The van der Waals surface area contributed by atoms with Crippen LogP contribution in [-0.2, 0) is 24.3 Å². The standard InChI is InChI=1S/C20H27N3O5S/c1-12-7-6-9-16(13(12)2)22-20(25)14(3)28-18(24)11-21-19-15-8-4-5-10-17(15)29(26,27)23-19/h4-5,8,10,12-14,16H,6-7,9,11H2,1-3H3,(H,21,23)(H,22,25)/t12-,13+,14+,16+/m0/s1. The van der Waals surface area contributed by atoms with Crippen molar-refractivity contribution in [1.29, 1.82) is 0 Å². The summed E-state index contributed by atoms with van der Waals surface area (Å²) >= 11 is 0. The Morgan fingerprint density at radius 2 is 2.00 bits per heavy atom. The van der Waals surface area contributed by atoms with E-state index in [1.165, 1.54) is 13.0 Å². The average Bonchev–Trinajstić information content (AvgIpc) is 2.94. The quantitative estimate of drug-likeness (QED) is 0.701. The van der Waals surface area contributed by atoms with Gasteiger partial charge in [-0.25, -0.2) is 8.42 Å². The summed E-state index contributed by atoms with van der Waals surface area (Å²) in [6, 6.07) is 6.47. The first-order valence-corrected chi connectivity index (χ1v) is 11.3. The molecule has 8 nitrogen and oxygen atoms in total. The zero-order chi connectivity index (χ0) is 21.2. The summed E-state index contributed by atoms with van der Waals surface area (Å²) in [4.78, 5) is 28.7. The number of hydrogen-bond donors (Lipinski definition) is 2. The van der Waals surface area contributed by atoms with E-state index >= 15 is 0 Å². The molecule has 0 aromatic heterocycles. The van der Waals surface area contributed by atoms with Gasteiger partial charge in [0, 0.05) is 11.6 Å². The number of nitrogens with zero attached hydrogens (tertiary/aromatic N) is 1. The molecule has 1 fully saturated rings. The third kappa shape index (κ3) is 4.77. The van der Waals surface area contributed by atoms with Gasteiger partial charge in [0.1, 0.15) is 12.4 Å². The molecule has 0 radical (unpaired) electrons. The SMILES string of the molecule is C[C@@H]1[C@@H](C)CCC[C@H]1NC(=O)[C@@H](C)OC(=O)CN=C1NS(=O)(=O)c2ccccc21. The molecule has 1 saturated carbocycles. The third-order valence-corrected chi connectivity index (χ3v) is 7.14. The van der Waals surface area contributed by atoms with Gasteiger partial charge in [-0.3, -0.25) is 19.3 Å². The Morgan fingerprint density at radius 3 is 2.76 bits per heavy atom. The van der Waals surface area contributed by atoms with Crippen LogP contribution in [0.15, 0.2) is 34.2 Å². The lowest BCUT2D eigenvalue weighted by molar-refractivity contribution is -0.153. The smallest absolute Gasteiger partial charge is 0.328 e. The molecule has 1 aromatic rings. The number of carbonyl (C=O) groups is 2. The molecule has 4 atom stereocenters. The molecule has 2 aliphatic rings. The van der Waals surface area contributed by atoms with Crippen LogP contribution in [0.1, 0.15) is 45.6 Å². The minimum atomic E-state index is -3.66. The van der Waals surface area contributed by atoms with E-state index in [9.17, 15) is 18.0 Å². The number of nitrogens with one attached hydrogen (secondary N) is 2. The number of hydrogen-bond acceptors (Lipinski definition) is 6. The van der Waals surface area contributed by atoms with Gasteiger partial charge < -0.3 is 10.1 Å². The molecule has 2 N–H and O–H groups in total. The second-order valence-corrected chi connectivity index (χ2v) is 9.43. The molecule has 0 saturated heterocycles. The van der Waals surface area contributed by atoms with E-state index in [1.54, 1.807) is 18.2 Å². The Bertz CT molecular complexity index is 928. The van der Waals surface area contributed by atoms with Crippen molar-refractivity contribution in [1.82, 2.24) is 10.0 Å². The highest BCUT2D eigenvalue weighted by Gasteiger charge is 2.31. The highest BCUT2D eigenvalue weighted by atomic mass is 32.2. The van der Waals surface area contributed by atoms with Crippen LogP contribution in [-0.4, -0.2) is 44.8 Å². The van der Waals surface area contributed by atoms with E-state index < -0.39 is 22.1 Å². The maximum atomic E-state index is 12.4. The molecule has 9 heteroatoms. The van der Waals surface area contributed by atoms with E-state index in [1.807, 2.05) is 0 Å². The van der Waals surface area contributed by atoms with E-state index in [4.69, 9.17) is 4.74 Å². The number of benzene rings is 1. The maximum Gasteiger partial charge on any atom is 0.328 e. The van der Waals surface area contributed by atoms with Crippen molar-refractivity contribution >= 4 is 27.7 Å². The molecule has 1 aromatic carbocycles. The summed E-state index contributed by atoms with van der Waals surface area (Å²) in [6.45, 7) is 5.44. The van der Waals surface area contributed by atoms with Crippen molar-refractivity contribution in [3.05, 3.63) is 29.8 Å². The summed E-state index contributed by atoms with van der Waals surface area (Å²) in [7, 11) is -3.66. The van der Waals surface area contributed by atoms with Crippen LogP contribution in [0.2, 0.25) is 0 Å². The molecule has 3 rings (SSSR count). The Kier molecular flexibility index (Phi) is 6.26. The third-order valence-electron chi connectivity index (χ3n) is 5.74. The fourth-order valence-corrected chi connectivity index (χ4v) is 5.02. The van der Waals surface area contributed by atoms with Gasteiger partial charge >= 0.3 is 5.97 Å². The number of esters is 1. The lowest BCUT2D eigenvalue weighted by atomic mass is 9.78. The molecule has 1 amide bonds. The molecule has 0 unspecified atom stereocenters. The van der Waals surface area contributed by atoms with Crippen LogP contribution < -0.4 is 10.0 Å². The van der Waals surface area contributed by atoms with Gasteiger partial charge in [0.25, 0.3) is 15.9 Å². The monoisotopic (exact) mass is 421 g/mol. The summed E-state index contributed by atoms with van der Waals surface area (Å²) in [5, 5.41) is 2.98. The average molecular weight is 422 g/mol. The number of aliphatic imine (C=N–C) groups is 1. The van der Waals surface area contributed by atoms with Gasteiger partial charge in [-0.1, -0.05) is 38.8 Å². The van der Waals surface area contributed by atoms with Gasteiger partial charge in [-0.15, -0.1) is 0 Å². The maximum absolute atomic E-state index is 12.4. The molecular formula is C20H27N3O5S. The Hall–Kier alpha value is -2.42. The minimum Gasteiger partial charge on any atom is -0.451 e. The zero-order valence-corrected chi connectivity index (χ0v) is 17.7. The van der Waals surface area contributed by atoms with Crippen molar-refractivity contribution in [2.45, 2.75) is 57.1 Å². The number of fused-ring (bicyclic) bond motifs is 1. The Balaban J connectivity index is 1.56. The number of rotatable bonds is 5. The first-order valence-electron chi connectivity index (χ1n) is 9.85. The number of ether oxygens (including phenoxy) is 1. The molecule has 1 heterocycles. The Morgan fingerprint density at radius 1 is 1.28 bits per heavy atom. The van der Waals surface area contributed by atoms with E-state index in [0.717, 1.165) is 19.3 Å². The predicted octanol–water partition coefficient (Wildman–Crippen LogP) is 1.60. The summed E-state index contributed by atoms with van der Waals surface area (Å²) in [5.41, 5.74) is 0.409. The van der Waals surface area contributed by atoms with Gasteiger partial charge in [0.05, 0.1) is 4.90 Å². The van der Waals surface area contributed by atoms with Crippen LogP contribution in [0.25, 0.3) is 0 Å². The van der Waals surface area contributed by atoms with E-state index in [2.05, 4.69) is 28.9 Å². The van der Waals surface area contributed by atoms with E-state index in [0.29, 0.717) is 17.4 Å². The highest BCUT2D eigenvalue weighted by Crippen LogP contribution is 2.29. The Labute approximate surface area is 171 Å². The fourth-order valence-electron chi connectivity index (χ4n) is 3.77. The first kappa shape index (κ1) is 21.3. The molecule has 1 aliphatic carbocycles. The largest absolute Gasteiger partial charge is 0.451 e. The van der Waals surface area contributed by atoms with Crippen LogP contribution >= 0.6 is 0 Å². The lowest BCUT2D eigenvalue weighted by Crippen LogP contribution is -2.47. The molecular weight excluding hydrogens is 394 g/mol. The minimum absolute atomic E-state index is 0.0806. The van der Waals surface area contributed by atoms with E-state index in [-0.39, 0.29) is 29.2 Å². The van der Waals surface area contributed by atoms with Gasteiger partial charge in [0.2, 0.25) is 0 Å². The van der Waals surface area contributed by atoms with Crippen molar-refractivity contribution in [2.75, 3.05) is 6.54 Å². The number of sulfonamides is 1. The topological polar surface area (TPSA) is 114 Å². The summed E-state index contributed by atoms with van der Waals surface area (Å²) in [5.74, 6) is -0.0180. The predicted molar refractivity (Wildman–Crippen MR) is 108 cm³/mol. The van der Waals surface area contributed by atoms with Crippen LogP contribution in [0.4, 0.5) is 0 Å². The second kappa shape index (κ2) is 8.52. The van der Waals surface area contributed by atoms with Gasteiger partial charge in [-0.05, 0) is 37.3 Å². The molecule has 158 valence electrons. The van der Waals surface area contributed by atoms with Crippen molar-refractivity contribution in [2.24, 2.45) is 16.8 Å². The van der Waals surface area contributed by atoms with Crippen molar-refractivity contribution in [3.63, 3.8) is 0 Å². The van der Waals surface area contributed by atoms with Gasteiger partial charge in [-0.2, -0.15) is 0 Å². The van der Waals surface area contributed by atoms with Crippen LogP contribution in [0, 0.1) is 11.8 Å². The van der Waals surface area contributed by atoms with Gasteiger partial charge in [0.15, 0.2) is 6.10 Å². The first-order chi connectivity index (χ1) is 13.7. The summed E-state index contributed by atoms with van der Waals surface area (Å²) < 4.78 is 31.6. The molecule has 0 bridgehead atoms. The van der Waals surface area contributed by atoms with Crippen LogP contribution in [0.3, 0.4) is 0 Å². The highest BCUT2D eigenvalue weighted by molar-refractivity contribution is 7.90. The number of amidine groups is 1. The normalized spacial score (nSPS) is 27.6. The lowest BCUT2D eigenvalue weighted by Gasteiger charge is -2.35. The second-order valence-electron chi connectivity index (χ2n) is 7.78.